The fourth-order valence-corrected chi connectivity index (χ4v) is 1.81. The summed E-state index contributed by atoms with van der Waals surface area (Å²) in [4.78, 5) is 9.65. The molecule has 0 saturated carbocycles. The van der Waals surface area contributed by atoms with Crippen molar-refractivity contribution in [2.45, 2.75) is 27.3 Å². The number of aliphatic imine (C=N–C) groups is 1. The summed E-state index contributed by atoms with van der Waals surface area (Å²) in [6.07, 6.45) is 1.85. The molecular weight excluding hydrogens is 222 g/mol. The smallest absolute Gasteiger partial charge is 0.206 e. The second-order valence-electron chi connectivity index (χ2n) is 3.93. The van der Waals surface area contributed by atoms with Crippen LogP contribution in [0, 0.1) is 12.8 Å². The Hall–Kier alpha value is -1.14. The lowest BCUT2D eigenvalue weighted by Crippen LogP contribution is -2.42. The maximum atomic E-state index is 5.37. The van der Waals surface area contributed by atoms with E-state index in [1.54, 1.807) is 11.3 Å². The number of thiazole rings is 1. The van der Waals surface area contributed by atoms with Crippen molar-refractivity contribution in [3.63, 3.8) is 0 Å². The first-order chi connectivity index (χ1) is 7.61. The molecule has 1 aromatic heterocycles. The monoisotopic (exact) mass is 241 g/mol. The summed E-state index contributed by atoms with van der Waals surface area (Å²) in [6.45, 7) is 7.71. The van der Waals surface area contributed by atoms with E-state index in [0.717, 1.165) is 16.4 Å². The number of aryl methyl sites for hydroxylation is 1. The molecule has 0 spiro atoms. The van der Waals surface area contributed by atoms with Gasteiger partial charge < -0.3 is 5.32 Å². The molecule has 16 heavy (non-hydrogen) atoms. The van der Waals surface area contributed by atoms with Gasteiger partial charge in [-0.15, -0.1) is 11.3 Å². The fraction of sp³-hybridized carbons (Fsp3) is 0.600. The third-order valence-electron chi connectivity index (χ3n) is 1.88. The molecule has 0 bridgehead atoms. The van der Waals surface area contributed by atoms with Gasteiger partial charge in [-0.1, -0.05) is 13.8 Å². The first kappa shape index (κ1) is 12.9. The van der Waals surface area contributed by atoms with Crippen LogP contribution >= 0.6 is 11.3 Å². The lowest BCUT2D eigenvalue weighted by atomic mass is 10.2. The Labute approximate surface area is 100 Å². The number of nitrogens with one attached hydrogen (secondary N) is 2. The first-order valence-electron chi connectivity index (χ1n) is 5.28. The lowest BCUT2D eigenvalue weighted by Gasteiger charge is -2.10. The first-order valence-corrected chi connectivity index (χ1v) is 6.09. The molecule has 90 valence electrons. The van der Waals surface area contributed by atoms with Gasteiger partial charge in [0.1, 0.15) is 0 Å². The van der Waals surface area contributed by atoms with Gasteiger partial charge in [-0.2, -0.15) is 0 Å². The maximum absolute atomic E-state index is 5.37. The van der Waals surface area contributed by atoms with Gasteiger partial charge in [0.15, 0.2) is 0 Å². The van der Waals surface area contributed by atoms with Crippen LogP contribution in [0.25, 0.3) is 0 Å². The quantitative estimate of drug-likeness (QED) is 0.318. The predicted octanol–water partition coefficient (Wildman–Crippen LogP) is 1.02. The van der Waals surface area contributed by atoms with Crippen LogP contribution in [0.5, 0.6) is 0 Å². The number of rotatable bonds is 4. The Morgan fingerprint density at radius 3 is 2.88 bits per heavy atom. The fourth-order valence-electron chi connectivity index (χ4n) is 1.09. The Kier molecular flexibility index (Phi) is 5.21. The molecule has 0 amide bonds. The lowest BCUT2D eigenvalue weighted by molar-refractivity contribution is 0.615. The van der Waals surface area contributed by atoms with Crippen molar-refractivity contribution in [3.8, 4) is 0 Å². The molecule has 4 N–H and O–H groups in total. The molecule has 1 heterocycles. The number of aromatic nitrogens is 1. The minimum Gasteiger partial charge on any atom is -0.355 e. The molecular formula is C10H19N5S. The van der Waals surface area contributed by atoms with E-state index in [2.05, 4.69) is 34.6 Å². The van der Waals surface area contributed by atoms with Crippen LogP contribution in [-0.4, -0.2) is 17.5 Å². The number of hydrogen-bond donors (Lipinski definition) is 3. The second kappa shape index (κ2) is 6.44. The number of nitrogens with two attached hydrogens (primary N) is 1. The number of guanidine groups is 1. The summed E-state index contributed by atoms with van der Waals surface area (Å²) in [5.74, 6) is 6.56. The van der Waals surface area contributed by atoms with Crippen LogP contribution in [0.3, 0.4) is 0 Å². The minimum absolute atomic E-state index is 0.559. The highest BCUT2D eigenvalue weighted by Crippen LogP contribution is 2.12. The summed E-state index contributed by atoms with van der Waals surface area (Å²) < 4.78 is 0. The third-order valence-corrected chi connectivity index (χ3v) is 2.77. The molecule has 0 unspecified atom stereocenters. The van der Waals surface area contributed by atoms with Crippen LogP contribution in [-0.2, 0) is 6.54 Å². The van der Waals surface area contributed by atoms with Crippen molar-refractivity contribution < 1.29 is 0 Å². The van der Waals surface area contributed by atoms with Gasteiger partial charge in [-0.05, 0) is 12.8 Å². The number of hydrazine groups is 1. The van der Waals surface area contributed by atoms with E-state index < -0.39 is 0 Å². The third kappa shape index (κ3) is 4.59. The van der Waals surface area contributed by atoms with Crippen molar-refractivity contribution in [3.05, 3.63) is 16.1 Å². The van der Waals surface area contributed by atoms with E-state index in [0.29, 0.717) is 18.4 Å². The van der Waals surface area contributed by atoms with Gasteiger partial charge in [0.05, 0.1) is 11.6 Å². The summed E-state index contributed by atoms with van der Waals surface area (Å²) in [5.41, 5.74) is 2.56. The minimum atomic E-state index is 0.559. The Morgan fingerprint density at radius 2 is 2.38 bits per heavy atom. The second-order valence-corrected chi connectivity index (χ2v) is 5.25. The van der Waals surface area contributed by atoms with Crippen molar-refractivity contribution >= 4 is 17.3 Å². The number of nitrogens with zero attached hydrogens (tertiary/aromatic N) is 2. The van der Waals surface area contributed by atoms with Gasteiger partial charge in [0.2, 0.25) is 5.96 Å². The van der Waals surface area contributed by atoms with Crippen LogP contribution in [0.2, 0.25) is 0 Å². The van der Waals surface area contributed by atoms with Crippen molar-refractivity contribution in [1.29, 1.82) is 0 Å². The predicted molar refractivity (Wildman–Crippen MR) is 68.2 cm³/mol. The molecule has 0 radical (unpaired) electrons. The van der Waals surface area contributed by atoms with Gasteiger partial charge in [0.25, 0.3) is 0 Å². The molecule has 0 aromatic carbocycles. The molecule has 5 nitrogen and oxygen atoms in total. The van der Waals surface area contributed by atoms with E-state index in [9.17, 15) is 0 Å². The zero-order valence-electron chi connectivity index (χ0n) is 9.95. The molecule has 0 aliphatic carbocycles. The van der Waals surface area contributed by atoms with E-state index in [1.807, 2.05) is 13.1 Å². The standard InChI is InChI=1S/C10H19N5S/c1-7(2)4-13-10(15-11)14-6-9-5-12-8(3)16-9/h5,7H,4,6,11H2,1-3H3,(H2,13,14,15). The summed E-state index contributed by atoms with van der Waals surface area (Å²) in [6, 6.07) is 0. The maximum Gasteiger partial charge on any atom is 0.206 e. The van der Waals surface area contributed by atoms with E-state index in [1.165, 1.54) is 0 Å². The van der Waals surface area contributed by atoms with Gasteiger partial charge >= 0.3 is 0 Å². The van der Waals surface area contributed by atoms with Crippen LogP contribution in [0.15, 0.2) is 11.2 Å². The molecule has 0 fully saturated rings. The van der Waals surface area contributed by atoms with Gasteiger partial charge in [0, 0.05) is 17.6 Å². The molecule has 6 heteroatoms. The van der Waals surface area contributed by atoms with Crippen molar-refractivity contribution in [2.24, 2.45) is 16.8 Å². The summed E-state index contributed by atoms with van der Waals surface area (Å²) in [7, 11) is 0. The largest absolute Gasteiger partial charge is 0.355 e. The van der Waals surface area contributed by atoms with Crippen molar-refractivity contribution in [2.75, 3.05) is 6.54 Å². The SMILES string of the molecule is Cc1ncc(CN=C(NN)NCC(C)C)s1. The van der Waals surface area contributed by atoms with Crippen LogP contribution < -0.4 is 16.6 Å². The van der Waals surface area contributed by atoms with E-state index in [-0.39, 0.29) is 0 Å². The highest BCUT2D eigenvalue weighted by atomic mass is 32.1. The highest BCUT2D eigenvalue weighted by Gasteiger charge is 2.00. The van der Waals surface area contributed by atoms with Crippen LogP contribution in [0.1, 0.15) is 23.7 Å². The molecule has 0 atom stereocenters. The van der Waals surface area contributed by atoms with Gasteiger partial charge in [-0.25, -0.2) is 15.8 Å². The molecule has 0 aliphatic heterocycles. The van der Waals surface area contributed by atoms with Gasteiger partial charge in [-0.3, -0.25) is 5.43 Å². The summed E-state index contributed by atoms with van der Waals surface area (Å²) >= 11 is 1.65. The Morgan fingerprint density at radius 1 is 1.62 bits per heavy atom. The van der Waals surface area contributed by atoms with Crippen LogP contribution in [0.4, 0.5) is 0 Å². The molecule has 0 saturated heterocycles. The molecule has 0 aliphatic rings. The summed E-state index contributed by atoms with van der Waals surface area (Å²) in [5, 5.41) is 4.20. The normalized spacial score (nSPS) is 11.9. The highest BCUT2D eigenvalue weighted by molar-refractivity contribution is 7.11. The Bertz CT molecular complexity index is 345. The Balaban J connectivity index is 2.46. The number of hydrogen-bond acceptors (Lipinski definition) is 4. The average Bonchev–Trinajstić information content (AvgIpc) is 2.64. The zero-order valence-corrected chi connectivity index (χ0v) is 10.8. The van der Waals surface area contributed by atoms with Crippen molar-refractivity contribution in [1.82, 2.24) is 15.7 Å². The average molecular weight is 241 g/mol. The van der Waals surface area contributed by atoms with E-state index >= 15 is 0 Å². The molecule has 1 rings (SSSR count). The topological polar surface area (TPSA) is 75.3 Å². The van der Waals surface area contributed by atoms with E-state index in [4.69, 9.17) is 5.84 Å². The molecule has 1 aromatic rings. The zero-order chi connectivity index (χ0) is 12.0.